The average molecular weight is 514 g/mol. The molecule has 5 rings (SSSR count). The van der Waals surface area contributed by atoms with Gasteiger partial charge >= 0.3 is 0 Å². The van der Waals surface area contributed by atoms with Crippen LogP contribution in [0.5, 0.6) is 0 Å². The number of hydrogen-bond donors (Lipinski definition) is 1. The molecule has 2 aromatic heterocycles. The molecule has 0 aromatic carbocycles. The third kappa shape index (κ3) is 6.16. The number of halogens is 1. The third-order valence-electron chi connectivity index (χ3n) is 7.22. The maximum atomic E-state index is 15.1. The molecule has 3 atom stereocenters. The zero-order chi connectivity index (χ0) is 26.0. The van der Waals surface area contributed by atoms with Crippen molar-refractivity contribution in [2.75, 3.05) is 49.7 Å². The van der Waals surface area contributed by atoms with Crippen molar-refractivity contribution in [2.45, 2.75) is 65.2 Å². The monoisotopic (exact) mass is 513 g/mol. The molecule has 2 aromatic rings. The topological polar surface area (TPSA) is 73.2 Å². The molecular formula is C28H40FN5O3. The predicted molar refractivity (Wildman–Crippen MR) is 143 cm³/mol. The van der Waals surface area contributed by atoms with Crippen molar-refractivity contribution in [3.05, 3.63) is 41.5 Å². The molecule has 4 heterocycles. The van der Waals surface area contributed by atoms with Crippen molar-refractivity contribution in [2.24, 2.45) is 11.8 Å². The Kier molecular flexibility index (Phi) is 7.83. The van der Waals surface area contributed by atoms with E-state index in [4.69, 9.17) is 24.3 Å². The van der Waals surface area contributed by atoms with Crippen LogP contribution in [0.1, 0.15) is 51.4 Å². The van der Waals surface area contributed by atoms with Crippen LogP contribution in [0.4, 0.5) is 15.9 Å². The minimum Gasteiger partial charge on any atom is -0.378 e. The van der Waals surface area contributed by atoms with E-state index in [-0.39, 0.29) is 29.5 Å². The lowest BCUT2D eigenvalue weighted by Gasteiger charge is -2.30. The van der Waals surface area contributed by atoms with E-state index >= 15 is 4.39 Å². The second kappa shape index (κ2) is 11.1. The van der Waals surface area contributed by atoms with Gasteiger partial charge in [0.05, 0.1) is 36.9 Å². The van der Waals surface area contributed by atoms with Crippen LogP contribution in [0.15, 0.2) is 30.1 Å². The summed E-state index contributed by atoms with van der Waals surface area (Å²) < 4.78 is 34.3. The molecule has 0 bridgehead atoms. The molecule has 0 amide bonds. The average Bonchev–Trinajstić information content (AvgIpc) is 3.19. The summed E-state index contributed by atoms with van der Waals surface area (Å²) in [6.45, 7) is 12.4. The van der Waals surface area contributed by atoms with E-state index in [2.05, 4.69) is 43.1 Å². The summed E-state index contributed by atoms with van der Waals surface area (Å²) in [6.07, 6.45) is 8.81. The summed E-state index contributed by atoms with van der Waals surface area (Å²) in [7, 11) is 0. The number of aryl methyl sites for hydroxylation is 1. The van der Waals surface area contributed by atoms with Crippen molar-refractivity contribution in [1.82, 2.24) is 14.6 Å². The summed E-state index contributed by atoms with van der Waals surface area (Å²) in [5.41, 5.74) is 3.48. The number of nitrogens with zero attached hydrogens (tertiary/aromatic N) is 4. The first-order valence-electron chi connectivity index (χ1n) is 13.6. The van der Waals surface area contributed by atoms with Crippen LogP contribution in [0.2, 0.25) is 0 Å². The summed E-state index contributed by atoms with van der Waals surface area (Å²) >= 11 is 0. The molecule has 8 nitrogen and oxygen atoms in total. The number of nitrogens with one attached hydrogen (secondary N) is 1. The quantitative estimate of drug-likeness (QED) is 0.569. The Morgan fingerprint density at radius 2 is 2.00 bits per heavy atom. The van der Waals surface area contributed by atoms with E-state index in [1.54, 1.807) is 6.08 Å². The zero-order valence-electron chi connectivity index (χ0n) is 22.5. The maximum absolute atomic E-state index is 15.1. The molecule has 1 aliphatic carbocycles. The van der Waals surface area contributed by atoms with Crippen molar-refractivity contribution in [3.8, 4) is 0 Å². The predicted octanol–water partition coefficient (Wildman–Crippen LogP) is 4.83. The fourth-order valence-electron chi connectivity index (χ4n) is 5.28. The number of ether oxygens (including phenoxy) is 3. The molecule has 37 heavy (non-hydrogen) atoms. The minimum absolute atomic E-state index is 0.0694. The standard InChI is InChI=1S/C28H40FN5O3/c1-19-24(16-20-8-7-9-22(29)21(20)18-37-26-10-5-6-13-36-26)34-27(30-19)23(31-28(2,3)4)17-25(32-34)33-11-14-35-15-12-33/h7-9,17,20-21,26,31H,5-6,10-16,18H2,1-4H3. The molecule has 1 N–H and O–H groups in total. The first kappa shape index (κ1) is 26.1. The number of fused-ring (bicyclic) bond motifs is 1. The molecule has 2 saturated heterocycles. The van der Waals surface area contributed by atoms with Crippen molar-refractivity contribution < 1.29 is 18.6 Å². The van der Waals surface area contributed by atoms with Crippen LogP contribution in [-0.2, 0) is 20.6 Å². The molecular weight excluding hydrogens is 473 g/mol. The number of anilines is 2. The van der Waals surface area contributed by atoms with E-state index in [0.717, 1.165) is 60.9 Å². The van der Waals surface area contributed by atoms with Crippen LogP contribution < -0.4 is 10.2 Å². The fourth-order valence-corrected chi connectivity index (χ4v) is 5.28. The lowest BCUT2D eigenvalue weighted by Crippen LogP contribution is -2.37. The van der Waals surface area contributed by atoms with Crippen LogP contribution in [-0.4, -0.2) is 65.9 Å². The Hall–Kier alpha value is -2.49. The largest absolute Gasteiger partial charge is 0.378 e. The number of imidazole rings is 1. The molecule has 2 fully saturated rings. The summed E-state index contributed by atoms with van der Waals surface area (Å²) in [4.78, 5) is 7.17. The van der Waals surface area contributed by atoms with Crippen LogP contribution in [0.3, 0.4) is 0 Å². The molecule has 0 spiro atoms. The van der Waals surface area contributed by atoms with Crippen LogP contribution in [0.25, 0.3) is 5.65 Å². The van der Waals surface area contributed by atoms with E-state index < -0.39 is 0 Å². The first-order chi connectivity index (χ1) is 17.8. The second-order valence-electron chi connectivity index (χ2n) is 11.3. The molecule has 9 heteroatoms. The molecule has 0 saturated carbocycles. The van der Waals surface area contributed by atoms with Gasteiger partial charge in [0.15, 0.2) is 17.8 Å². The highest BCUT2D eigenvalue weighted by Crippen LogP contribution is 2.34. The molecule has 3 unspecified atom stereocenters. The van der Waals surface area contributed by atoms with E-state index in [9.17, 15) is 0 Å². The Morgan fingerprint density at radius 1 is 1.19 bits per heavy atom. The van der Waals surface area contributed by atoms with Gasteiger partial charge in [-0.15, -0.1) is 5.10 Å². The Labute approximate surface area is 218 Å². The fraction of sp³-hybridized carbons (Fsp3) is 0.643. The van der Waals surface area contributed by atoms with Gasteiger partial charge in [-0.05, 0) is 65.4 Å². The molecule has 2 aliphatic heterocycles. The Bertz CT molecular complexity index is 1140. The van der Waals surface area contributed by atoms with E-state index in [0.29, 0.717) is 32.8 Å². The number of morpholine rings is 1. The van der Waals surface area contributed by atoms with Crippen molar-refractivity contribution >= 4 is 17.2 Å². The lowest BCUT2D eigenvalue weighted by atomic mass is 9.84. The number of rotatable bonds is 7. The van der Waals surface area contributed by atoms with Crippen molar-refractivity contribution in [1.29, 1.82) is 0 Å². The van der Waals surface area contributed by atoms with Crippen LogP contribution in [0, 0.1) is 18.8 Å². The van der Waals surface area contributed by atoms with Gasteiger partial charge in [0.1, 0.15) is 5.83 Å². The van der Waals surface area contributed by atoms with Gasteiger partial charge < -0.3 is 24.4 Å². The van der Waals surface area contributed by atoms with Crippen molar-refractivity contribution in [3.63, 3.8) is 0 Å². The zero-order valence-corrected chi connectivity index (χ0v) is 22.5. The summed E-state index contributed by atoms with van der Waals surface area (Å²) in [5.74, 6) is 0.308. The van der Waals surface area contributed by atoms with E-state index in [1.807, 2.05) is 17.5 Å². The molecule has 3 aliphatic rings. The van der Waals surface area contributed by atoms with Crippen LogP contribution >= 0.6 is 0 Å². The molecule has 202 valence electrons. The Morgan fingerprint density at radius 3 is 2.73 bits per heavy atom. The summed E-state index contributed by atoms with van der Waals surface area (Å²) in [5, 5.41) is 8.66. The third-order valence-corrected chi connectivity index (χ3v) is 7.22. The highest BCUT2D eigenvalue weighted by molar-refractivity contribution is 5.72. The van der Waals surface area contributed by atoms with Gasteiger partial charge in [0, 0.05) is 37.2 Å². The number of aromatic nitrogens is 3. The van der Waals surface area contributed by atoms with Gasteiger partial charge in [-0.1, -0.05) is 12.2 Å². The minimum atomic E-state index is -0.366. The van der Waals surface area contributed by atoms with Gasteiger partial charge in [0.2, 0.25) is 0 Å². The van der Waals surface area contributed by atoms with Gasteiger partial charge in [-0.25, -0.2) is 13.9 Å². The second-order valence-corrected chi connectivity index (χ2v) is 11.3. The Balaban J connectivity index is 1.45. The normalized spacial score (nSPS) is 24.9. The van der Waals surface area contributed by atoms with Gasteiger partial charge in [-0.3, -0.25) is 0 Å². The first-order valence-corrected chi connectivity index (χ1v) is 13.6. The molecule has 0 radical (unpaired) electrons. The smallest absolute Gasteiger partial charge is 0.177 e. The van der Waals surface area contributed by atoms with Gasteiger partial charge in [0.25, 0.3) is 0 Å². The van der Waals surface area contributed by atoms with E-state index in [1.165, 1.54) is 0 Å². The lowest BCUT2D eigenvalue weighted by molar-refractivity contribution is -0.169. The van der Waals surface area contributed by atoms with Gasteiger partial charge in [-0.2, -0.15) is 0 Å². The highest BCUT2D eigenvalue weighted by Gasteiger charge is 2.30. The SMILES string of the molecule is Cc1nc2c(NC(C)(C)C)cc(N3CCOCC3)nn2c1CC1C=CC=C(F)C1COC1CCCCO1. The number of allylic oxidation sites excluding steroid dienone is 3. The summed E-state index contributed by atoms with van der Waals surface area (Å²) in [6, 6.07) is 2.09. The number of hydrogen-bond acceptors (Lipinski definition) is 7. The maximum Gasteiger partial charge on any atom is 0.177 e. The highest BCUT2D eigenvalue weighted by atomic mass is 19.1.